The first kappa shape index (κ1) is 12.0. The number of aromatic hydroxyl groups is 1. The summed E-state index contributed by atoms with van der Waals surface area (Å²) in [5, 5.41) is 11.6. The molecule has 1 aromatic rings. The van der Waals surface area contributed by atoms with Crippen molar-refractivity contribution in [3.63, 3.8) is 0 Å². The summed E-state index contributed by atoms with van der Waals surface area (Å²) in [5.74, 6) is -1.29. The molecule has 0 aliphatic carbocycles. The van der Waals surface area contributed by atoms with Crippen molar-refractivity contribution in [3.8, 4) is 5.75 Å². The maximum absolute atomic E-state index is 11.6. The second-order valence-corrected chi connectivity index (χ2v) is 3.88. The van der Waals surface area contributed by atoms with Crippen LogP contribution in [0.3, 0.4) is 0 Å². The molecule has 1 rings (SSSR count). The van der Waals surface area contributed by atoms with Crippen molar-refractivity contribution in [2.24, 2.45) is 5.73 Å². The van der Waals surface area contributed by atoms with Gasteiger partial charge in [-0.15, -0.1) is 0 Å². The molecule has 0 fully saturated rings. The number of nitrogens with zero attached hydrogens (tertiary/aromatic N) is 1. The van der Waals surface area contributed by atoms with Crippen molar-refractivity contribution in [1.29, 1.82) is 0 Å². The molecule has 0 aromatic carbocycles. The van der Waals surface area contributed by atoms with Crippen molar-refractivity contribution in [2.45, 2.75) is 19.4 Å². The molecular formula is C10H13N3O3. The number of rotatable bonds is 3. The van der Waals surface area contributed by atoms with Crippen LogP contribution >= 0.6 is 0 Å². The summed E-state index contributed by atoms with van der Waals surface area (Å²) in [6, 6.07) is 1.25. The van der Waals surface area contributed by atoms with E-state index in [2.05, 4.69) is 10.3 Å². The summed E-state index contributed by atoms with van der Waals surface area (Å²) >= 11 is 0. The van der Waals surface area contributed by atoms with E-state index >= 15 is 0 Å². The highest BCUT2D eigenvalue weighted by Gasteiger charge is 2.27. The van der Waals surface area contributed by atoms with Gasteiger partial charge in [-0.1, -0.05) is 0 Å². The number of aromatic nitrogens is 1. The number of carbonyl (C=O) groups excluding carboxylic acids is 2. The van der Waals surface area contributed by atoms with Gasteiger partial charge < -0.3 is 16.2 Å². The lowest BCUT2D eigenvalue weighted by Gasteiger charge is -2.22. The number of nitrogens with two attached hydrogens (primary N) is 1. The van der Waals surface area contributed by atoms with Crippen molar-refractivity contribution < 1.29 is 14.7 Å². The number of hydrogen-bond acceptors (Lipinski definition) is 4. The number of hydrogen-bond donors (Lipinski definition) is 3. The third-order valence-electron chi connectivity index (χ3n) is 2.03. The summed E-state index contributed by atoms with van der Waals surface area (Å²) in [4.78, 5) is 26.3. The van der Waals surface area contributed by atoms with Crippen LogP contribution in [0.4, 0.5) is 0 Å². The average Bonchev–Trinajstić information content (AvgIpc) is 2.16. The van der Waals surface area contributed by atoms with Crippen molar-refractivity contribution >= 4 is 11.8 Å². The zero-order valence-electron chi connectivity index (χ0n) is 9.02. The Morgan fingerprint density at radius 2 is 2.06 bits per heavy atom. The molecule has 1 heterocycles. The third kappa shape index (κ3) is 2.69. The van der Waals surface area contributed by atoms with Gasteiger partial charge in [-0.05, 0) is 19.9 Å². The fourth-order valence-corrected chi connectivity index (χ4v) is 0.970. The maximum Gasteiger partial charge on any atom is 0.253 e. The minimum atomic E-state index is -1.15. The summed E-state index contributed by atoms with van der Waals surface area (Å²) in [7, 11) is 0. The molecule has 0 saturated heterocycles. The second kappa shape index (κ2) is 4.18. The Kier molecular flexibility index (Phi) is 3.12. The molecule has 0 saturated carbocycles. The molecule has 0 atom stereocenters. The van der Waals surface area contributed by atoms with Gasteiger partial charge in [0.15, 0.2) is 0 Å². The normalized spacial score (nSPS) is 10.9. The predicted molar refractivity (Wildman–Crippen MR) is 56.6 cm³/mol. The second-order valence-electron chi connectivity index (χ2n) is 3.88. The van der Waals surface area contributed by atoms with Crippen LogP contribution in [0, 0.1) is 0 Å². The van der Waals surface area contributed by atoms with Crippen molar-refractivity contribution in [2.75, 3.05) is 0 Å². The first-order valence-corrected chi connectivity index (χ1v) is 4.59. The summed E-state index contributed by atoms with van der Waals surface area (Å²) in [6.45, 7) is 2.98. The predicted octanol–water partition coefficient (Wildman–Crippen LogP) is -0.219. The summed E-state index contributed by atoms with van der Waals surface area (Å²) in [6.07, 6.45) is 2.49. The maximum atomic E-state index is 11.6. The Labute approximate surface area is 92.5 Å². The molecule has 86 valence electrons. The van der Waals surface area contributed by atoms with Gasteiger partial charge in [0, 0.05) is 6.20 Å². The molecule has 0 aliphatic rings. The smallest absolute Gasteiger partial charge is 0.253 e. The number of amides is 2. The van der Waals surface area contributed by atoms with E-state index < -0.39 is 17.4 Å². The van der Waals surface area contributed by atoms with Gasteiger partial charge in [0.05, 0.1) is 11.8 Å². The van der Waals surface area contributed by atoms with Gasteiger partial charge in [0.1, 0.15) is 11.3 Å². The van der Waals surface area contributed by atoms with Crippen LogP contribution in [0.15, 0.2) is 18.5 Å². The van der Waals surface area contributed by atoms with Gasteiger partial charge in [-0.3, -0.25) is 14.6 Å². The Bertz CT molecular complexity index is 429. The minimum absolute atomic E-state index is 0.121. The molecule has 0 bridgehead atoms. The number of pyridine rings is 1. The van der Waals surface area contributed by atoms with Gasteiger partial charge in [-0.25, -0.2) is 0 Å². The Morgan fingerprint density at radius 3 is 2.56 bits per heavy atom. The largest absolute Gasteiger partial charge is 0.506 e. The highest BCUT2D eigenvalue weighted by atomic mass is 16.3. The fourth-order valence-electron chi connectivity index (χ4n) is 0.970. The van der Waals surface area contributed by atoms with E-state index in [0.29, 0.717) is 0 Å². The Balaban J connectivity index is 2.85. The molecule has 1 aromatic heterocycles. The van der Waals surface area contributed by atoms with E-state index in [1.54, 1.807) is 0 Å². The molecular weight excluding hydrogens is 210 g/mol. The van der Waals surface area contributed by atoms with Gasteiger partial charge >= 0.3 is 0 Å². The molecule has 4 N–H and O–H groups in total. The Morgan fingerprint density at radius 1 is 1.44 bits per heavy atom. The third-order valence-corrected chi connectivity index (χ3v) is 2.03. The van der Waals surface area contributed by atoms with Gasteiger partial charge in [0.25, 0.3) is 5.91 Å². The standard InChI is InChI=1S/C10H13N3O3/c1-10(2,9(11)16)13-8(15)6-3-7(14)5-12-4-6/h3-5,14H,1-2H3,(H2,11,16)(H,13,15). The van der Waals surface area contributed by atoms with E-state index in [1.807, 2.05) is 0 Å². The quantitative estimate of drug-likeness (QED) is 0.658. The lowest BCUT2D eigenvalue weighted by Crippen LogP contribution is -2.53. The zero-order chi connectivity index (χ0) is 12.3. The zero-order valence-corrected chi connectivity index (χ0v) is 9.02. The average molecular weight is 223 g/mol. The van der Waals surface area contributed by atoms with Crippen LogP contribution in [-0.4, -0.2) is 27.4 Å². The topological polar surface area (TPSA) is 105 Å². The fraction of sp³-hybridized carbons (Fsp3) is 0.300. The number of nitrogens with one attached hydrogen (secondary N) is 1. The number of carbonyl (C=O) groups is 2. The van der Waals surface area contributed by atoms with E-state index in [4.69, 9.17) is 10.8 Å². The van der Waals surface area contributed by atoms with Crippen LogP contribution in [0.25, 0.3) is 0 Å². The van der Waals surface area contributed by atoms with E-state index in [-0.39, 0.29) is 11.3 Å². The van der Waals surface area contributed by atoms with Crippen LogP contribution < -0.4 is 11.1 Å². The van der Waals surface area contributed by atoms with E-state index in [9.17, 15) is 9.59 Å². The van der Waals surface area contributed by atoms with Crippen molar-refractivity contribution in [3.05, 3.63) is 24.0 Å². The van der Waals surface area contributed by atoms with Gasteiger partial charge in [-0.2, -0.15) is 0 Å². The highest BCUT2D eigenvalue weighted by Crippen LogP contribution is 2.10. The Hall–Kier alpha value is -2.11. The van der Waals surface area contributed by atoms with Crippen LogP contribution in [0.1, 0.15) is 24.2 Å². The monoisotopic (exact) mass is 223 g/mol. The molecule has 0 radical (unpaired) electrons. The molecule has 6 nitrogen and oxygen atoms in total. The molecule has 0 unspecified atom stereocenters. The first-order chi connectivity index (χ1) is 7.33. The minimum Gasteiger partial charge on any atom is -0.506 e. The van der Waals surface area contributed by atoms with Crippen LogP contribution in [0.2, 0.25) is 0 Å². The van der Waals surface area contributed by atoms with E-state index in [1.165, 1.54) is 32.3 Å². The lowest BCUT2D eigenvalue weighted by molar-refractivity contribution is -0.122. The summed E-state index contributed by atoms with van der Waals surface area (Å²) < 4.78 is 0. The van der Waals surface area contributed by atoms with Gasteiger partial charge in [0.2, 0.25) is 5.91 Å². The molecule has 16 heavy (non-hydrogen) atoms. The van der Waals surface area contributed by atoms with E-state index in [0.717, 1.165) is 0 Å². The number of primary amides is 1. The first-order valence-electron chi connectivity index (χ1n) is 4.59. The summed E-state index contributed by atoms with van der Waals surface area (Å²) in [5.41, 5.74) is 4.12. The lowest BCUT2D eigenvalue weighted by atomic mass is 10.0. The SMILES string of the molecule is CC(C)(NC(=O)c1cncc(O)c1)C(N)=O. The molecule has 0 aliphatic heterocycles. The molecule has 6 heteroatoms. The van der Waals surface area contributed by atoms with Crippen molar-refractivity contribution in [1.82, 2.24) is 10.3 Å². The van der Waals surface area contributed by atoms with Crippen LogP contribution in [-0.2, 0) is 4.79 Å². The molecule has 0 spiro atoms. The van der Waals surface area contributed by atoms with Crippen LogP contribution in [0.5, 0.6) is 5.75 Å². The molecule has 2 amide bonds. The highest BCUT2D eigenvalue weighted by molar-refractivity contribution is 5.98.